The van der Waals surface area contributed by atoms with Crippen molar-refractivity contribution in [3.8, 4) is 0 Å². The number of anilines is 1. The summed E-state index contributed by atoms with van der Waals surface area (Å²) in [5, 5.41) is 10.4. The van der Waals surface area contributed by atoms with Gasteiger partial charge in [-0.2, -0.15) is 0 Å². The van der Waals surface area contributed by atoms with Crippen LogP contribution in [0.4, 0.5) is 14.5 Å². The van der Waals surface area contributed by atoms with E-state index in [4.69, 9.17) is 5.11 Å². The Morgan fingerprint density at radius 2 is 1.82 bits per heavy atom. The van der Waals surface area contributed by atoms with Crippen molar-refractivity contribution in [2.45, 2.75) is 0 Å². The lowest BCUT2D eigenvalue weighted by atomic mass is 10.3. The van der Waals surface area contributed by atoms with Crippen LogP contribution in [0.1, 0.15) is 0 Å². The van der Waals surface area contributed by atoms with Gasteiger partial charge in [0.25, 0.3) is 0 Å². The zero-order chi connectivity index (χ0) is 12.8. The maximum atomic E-state index is 13.1. The lowest BCUT2D eigenvalue weighted by Gasteiger charge is -2.06. The monoisotopic (exact) mass is 261 g/mol. The zero-order valence-electron chi connectivity index (χ0n) is 8.57. The number of halogens is 2. The van der Waals surface area contributed by atoms with Crippen LogP contribution in [0.5, 0.6) is 0 Å². The smallest absolute Gasteiger partial charge is 0.313 e. The number of carboxylic acids is 1. The lowest BCUT2D eigenvalue weighted by molar-refractivity contribution is -0.133. The average molecular weight is 261 g/mol. The quantitative estimate of drug-likeness (QED) is 0.847. The highest BCUT2D eigenvalue weighted by Crippen LogP contribution is 2.18. The number of carbonyl (C=O) groups excluding carboxylic acids is 1. The first kappa shape index (κ1) is 13.4. The Balaban J connectivity index is 2.53. The van der Waals surface area contributed by atoms with Crippen LogP contribution in [0.2, 0.25) is 0 Å². The molecule has 0 aliphatic rings. The van der Waals surface area contributed by atoms with Gasteiger partial charge in [0.1, 0.15) is 17.3 Å². The molecule has 0 aliphatic carbocycles. The number of benzene rings is 1. The fourth-order valence-electron chi connectivity index (χ4n) is 1.02. The molecule has 0 heterocycles. The van der Waals surface area contributed by atoms with Crippen LogP contribution in [-0.4, -0.2) is 28.5 Å². The Bertz CT molecular complexity index is 419. The molecular formula is C10H9F2NO3S. The molecule has 1 amide bonds. The van der Waals surface area contributed by atoms with Gasteiger partial charge in [-0.3, -0.25) is 9.59 Å². The molecule has 4 nitrogen and oxygen atoms in total. The first-order valence-electron chi connectivity index (χ1n) is 4.54. The third-order valence-electron chi connectivity index (χ3n) is 1.69. The molecular weight excluding hydrogens is 252 g/mol. The minimum Gasteiger partial charge on any atom is -0.481 e. The van der Waals surface area contributed by atoms with Crippen molar-refractivity contribution in [1.29, 1.82) is 0 Å². The van der Waals surface area contributed by atoms with Crippen molar-refractivity contribution in [1.82, 2.24) is 0 Å². The molecule has 2 N–H and O–H groups in total. The minimum atomic E-state index is -1.06. The van der Waals surface area contributed by atoms with E-state index in [0.29, 0.717) is 0 Å². The molecule has 1 aromatic carbocycles. The summed E-state index contributed by atoms with van der Waals surface area (Å²) in [6.07, 6.45) is 0. The van der Waals surface area contributed by atoms with E-state index in [1.165, 1.54) is 6.07 Å². The van der Waals surface area contributed by atoms with Gasteiger partial charge in [0, 0.05) is 0 Å². The van der Waals surface area contributed by atoms with Crippen LogP contribution < -0.4 is 5.32 Å². The predicted octanol–water partition coefficient (Wildman–Crippen LogP) is 1.72. The van der Waals surface area contributed by atoms with Crippen LogP contribution in [-0.2, 0) is 9.59 Å². The molecule has 0 spiro atoms. The Labute approximate surface area is 100 Å². The zero-order valence-corrected chi connectivity index (χ0v) is 9.39. The van der Waals surface area contributed by atoms with Gasteiger partial charge in [-0.05, 0) is 12.1 Å². The summed E-state index contributed by atoms with van der Waals surface area (Å²) >= 11 is 0.844. The molecule has 0 unspecified atom stereocenters. The van der Waals surface area contributed by atoms with Crippen molar-refractivity contribution in [3.63, 3.8) is 0 Å². The molecule has 92 valence electrons. The summed E-state index contributed by atoms with van der Waals surface area (Å²) in [7, 11) is 0. The van der Waals surface area contributed by atoms with Crippen LogP contribution in [0.25, 0.3) is 0 Å². The predicted molar refractivity (Wildman–Crippen MR) is 59.9 cm³/mol. The van der Waals surface area contributed by atoms with Gasteiger partial charge < -0.3 is 10.4 Å². The van der Waals surface area contributed by atoms with Crippen LogP contribution in [0.3, 0.4) is 0 Å². The summed E-state index contributed by atoms with van der Waals surface area (Å²) < 4.78 is 26.2. The molecule has 0 fully saturated rings. The van der Waals surface area contributed by atoms with E-state index >= 15 is 0 Å². The van der Waals surface area contributed by atoms with E-state index < -0.39 is 29.2 Å². The molecule has 0 radical (unpaired) electrons. The van der Waals surface area contributed by atoms with Gasteiger partial charge >= 0.3 is 5.97 Å². The third-order valence-corrected chi connectivity index (χ3v) is 2.60. The molecule has 0 bridgehead atoms. The summed E-state index contributed by atoms with van der Waals surface area (Å²) in [6.45, 7) is 0. The summed E-state index contributed by atoms with van der Waals surface area (Å²) in [5.74, 6) is -3.88. The first-order valence-corrected chi connectivity index (χ1v) is 5.69. The molecule has 0 atom stereocenters. The van der Waals surface area contributed by atoms with Crippen molar-refractivity contribution in [2.24, 2.45) is 0 Å². The maximum absolute atomic E-state index is 13.1. The highest BCUT2D eigenvalue weighted by molar-refractivity contribution is 8.00. The number of carbonyl (C=O) groups is 2. The molecule has 1 aromatic rings. The fourth-order valence-corrected chi connectivity index (χ4v) is 1.56. The normalized spacial score (nSPS) is 10.0. The number of nitrogens with one attached hydrogen (secondary N) is 1. The van der Waals surface area contributed by atoms with Crippen molar-refractivity contribution in [3.05, 3.63) is 29.8 Å². The second-order valence-corrected chi connectivity index (χ2v) is 4.02. The van der Waals surface area contributed by atoms with Gasteiger partial charge in [-0.1, -0.05) is 6.07 Å². The molecule has 17 heavy (non-hydrogen) atoms. The van der Waals surface area contributed by atoms with E-state index in [2.05, 4.69) is 0 Å². The number of para-hydroxylation sites is 1. The van der Waals surface area contributed by atoms with Gasteiger partial charge in [0.15, 0.2) is 0 Å². The third kappa shape index (κ3) is 4.39. The van der Waals surface area contributed by atoms with E-state index in [1.54, 1.807) is 0 Å². The first-order chi connectivity index (χ1) is 8.00. The molecule has 0 aromatic heterocycles. The van der Waals surface area contributed by atoms with Crippen molar-refractivity contribution in [2.75, 3.05) is 16.8 Å². The molecule has 0 aliphatic heterocycles. The van der Waals surface area contributed by atoms with Crippen molar-refractivity contribution < 1.29 is 23.5 Å². The fraction of sp³-hybridized carbons (Fsp3) is 0.200. The SMILES string of the molecule is O=C(O)CSCC(=O)Nc1c(F)cccc1F. The topological polar surface area (TPSA) is 66.4 Å². The van der Waals surface area contributed by atoms with Gasteiger partial charge in [-0.15, -0.1) is 11.8 Å². The van der Waals surface area contributed by atoms with Crippen LogP contribution in [0.15, 0.2) is 18.2 Å². The van der Waals surface area contributed by atoms with E-state index in [9.17, 15) is 18.4 Å². The highest BCUT2D eigenvalue weighted by atomic mass is 32.2. The van der Waals surface area contributed by atoms with Crippen LogP contribution in [0, 0.1) is 11.6 Å². The van der Waals surface area contributed by atoms with Gasteiger partial charge in [0.2, 0.25) is 5.91 Å². The average Bonchev–Trinajstić information content (AvgIpc) is 2.23. The second kappa shape index (κ2) is 6.19. The Morgan fingerprint density at radius 3 is 2.35 bits per heavy atom. The molecule has 0 saturated carbocycles. The Hall–Kier alpha value is -1.63. The number of hydrogen-bond donors (Lipinski definition) is 2. The standard InChI is InChI=1S/C10H9F2NO3S/c11-6-2-1-3-7(12)10(6)13-8(14)4-17-5-9(15)16/h1-3H,4-5H2,(H,13,14)(H,15,16). The minimum absolute atomic E-state index is 0.180. The van der Waals surface area contributed by atoms with Crippen molar-refractivity contribution >= 4 is 29.3 Å². The molecule has 7 heteroatoms. The largest absolute Gasteiger partial charge is 0.481 e. The summed E-state index contributed by atoms with van der Waals surface area (Å²) in [4.78, 5) is 21.4. The number of hydrogen-bond acceptors (Lipinski definition) is 3. The second-order valence-electron chi connectivity index (χ2n) is 3.03. The number of thioether (sulfide) groups is 1. The van der Waals surface area contributed by atoms with E-state index in [-0.39, 0.29) is 11.5 Å². The number of amides is 1. The maximum Gasteiger partial charge on any atom is 0.313 e. The molecule has 0 saturated heterocycles. The highest BCUT2D eigenvalue weighted by Gasteiger charge is 2.12. The summed E-state index contributed by atoms with van der Waals surface area (Å²) in [5.41, 5.74) is -0.520. The van der Waals surface area contributed by atoms with E-state index in [1.807, 2.05) is 5.32 Å². The number of rotatable bonds is 5. The lowest BCUT2D eigenvalue weighted by Crippen LogP contribution is -2.17. The molecule has 1 rings (SSSR count). The number of aliphatic carboxylic acids is 1. The Morgan fingerprint density at radius 1 is 1.24 bits per heavy atom. The van der Waals surface area contributed by atoms with E-state index in [0.717, 1.165) is 23.9 Å². The Kier molecular flexibility index (Phi) is 4.89. The van der Waals surface area contributed by atoms with Crippen LogP contribution >= 0.6 is 11.8 Å². The summed E-state index contributed by atoms with van der Waals surface area (Å²) in [6, 6.07) is 3.21. The van der Waals surface area contributed by atoms with Gasteiger partial charge in [-0.25, -0.2) is 8.78 Å². The number of carboxylic acid groups (broad SMARTS) is 1. The van der Waals surface area contributed by atoms with Gasteiger partial charge in [0.05, 0.1) is 11.5 Å².